The van der Waals surface area contributed by atoms with Crippen LogP contribution >= 0.6 is 11.8 Å². The zero-order valence-electron chi connectivity index (χ0n) is 14.5. The first-order valence-corrected chi connectivity index (χ1v) is 9.78. The zero-order valence-corrected chi connectivity index (χ0v) is 15.3. The van der Waals surface area contributed by atoms with Gasteiger partial charge in [0.15, 0.2) is 5.16 Å². The molecule has 2 aromatic carbocycles. The normalized spacial score (nSPS) is 16.9. The van der Waals surface area contributed by atoms with Crippen molar-refractivity contribution in [2.45, 2.75) is 36.4 Å². The van der Waals surface area contributed by atoms with E-state index in [1.807, 2.05) is 12.1 Å². The number of ether oxygens (including phenoxy) is 1. The summed E-state index contributed by atoms with van der Waals surface area (Å²) in [7, 11) is 0. The molecule has 4 nitrogen and oxygen atoms in total. The van der Waals surface area contributed by atoms with Crippen LogP contribution in [-0.4, -0.2) is 22.3 Å². The minimum atomic E-state index is -0.611. The van der Waals surface area contributed by atoms with Crippen LogP contribution in [0.3, 0.4) is 0 Å². The van der Waals surface area contributed by atoms with E-state index in [1.54, 1.807) is 16.7 Å². The maximum Gasteiger partial charge on any atom is 0.262 e. The van der Waals surface area contributed by atoms with Crippen molar-refractivity contribution in [3.63, 3.8) is 0 Å². The number of para-hydroxylation sites is 1. The van der Waals surface area contributed by atoms with Crippen molar-refractivity contribution < 1.29 is 13.5 Å². The maximum absolute atomic E-state index is 14.0. The highest BCUT2D eigenvalue weighted by Crippen LogP contribution is 2.25. The van der Waals surface area contributed by atoms with Crippen molar-refractivity contribution >= 4 is 22.7 Å². The molecule has 1 saturated heterocycles. The second-order valence-corrected chi connectivity index (χ2v) is 7.43. The minimum absolute atomic E-state index is 0.0208. The van der Waals surface area contributed by atoms with E-state index < -0.39 is 11.6 Å². The number of hydrogen-bond donors (Lipinski definition) is 0. The summed E-state index contributed by atoms with van der Waals surface area (Å²) in [6.07, 6.45) is 1.85. The molecule has 140 valence electrons. The largest absolute Gasteiger partial charge is 0.376 e. The van der Waals surface area contributed by atoms with Crippen LogP contribution in [0.1, 0.15) is 18.4 Å². The van der Waals surface area contributed by atoms with Crippen LogP contribution in [0.15, 0.2) is 52.4 Å². The molecule has 0 unspecified atom stereocenters. The maximum atomic E-state index is 14.0. The Morgan fingerprint density at radius 3 is 2.85 bits per heavy atom. The first-order valence-electron chi connectivity index (χ1n) is 8.80. The third-order valence-electron chi connectivity index (χ3n) is 4.61. The lowest BCUT2D eigenvalue weighted by molar-refractivity contribution is 0.0937. The molecule has 0 amide bonds. The van der Waals surface area contributed by atoms with E-state index in [-0.39, 0.29) is 17.4 Å². The molecule has 2 heterocycles. The van der Waals surface area contributed by atoms with E-state index in [1.165, 1.54) is 23.9 Å². The molecule has 1 aliphatic heterocycles. The van der Waals surface area contributed by atoms with Gasteiger partial charge in [0.05, 0.1) is 23.6 Å². The molecular formula is C20H18F2N2O2S. The summed E-state index contributed by atoms with van der Waals surface area (Å²) in [6, 6.07) is 10.7. The van der Waals surface area contributed by atoms with E-state index in [4.69, 9.17) is 4.74 Å². The third kappa shape index (κ3) is 3.89. The van der Waals surface area contributed by atoms with E-state index in [0.29, 0.717) is 34.8 Å². The van der Waals surface area contributed by atoms with Gasteiger partial charge in [-0.15, -0.1) is 0 Å². The Balaban J connectivity index is 1.69. The SMILES string of the molecule is O=c1c2ccccc2nc(SCc2ccc(F)cc2F)n1C[C@H]1CCCO1. The van der Waals surface area contributed by atoms with E-state index in [2.05, 4.69) is 4.98 Å². The van der Waals surface area contributed by atoms with Crippen molar-refractivity contribution in [3.8, 4) is 0 Å². The minimum Gasteiger partial charge on any atom is -0.376 e. The van der Waals surface area contributed by atoms with Gasteiger partial charge in [0.25, 0.3) is 5.56 Å². The van der Waals surface area contributed by atoms with Crippen LogP contribution in [0.25, 0.3) is 10.9 Å². The molecule has 27 heavy (non-hydrogen) atoms. The summed E-state index contributed by atoms with van der Waals surface area (Å²) in [5.74, 6) is -0.959. The Labute approximate surface area is 159 Å². The second-order valence-electron chi connectivity index (χ2n) is 6.49. The van der Waals surface area contributed by atoms with Gasteiger partial charge in [-0.05, 0) is 36.6 Å². The van der Waals surface area contributed by atoms with Crippen LogP contribution in [0.4, 0.5) is 8.78 Å². The van der Waals surface area contributed by atoms with Crippen molar-refractivity contribution in [2.75, 3.05) is 6.61 Å². The fourth-order valence-corrected chi connectivity index (χ4v) is 4.19. The Kier molecular flexibility index (Phi) is 5.22. The smallest absolute Gasteiger partial charge is 0.262 e. The zero-order chi connectivity index (χ0) is 18.8. The topological polar surface area (TPSA) is 44.1 Å². The predicted octanol–water partition coefficient (Wildman–Crippen LogP) is 4.15. The van der Waals surface area contributed by atoms with Gasteiger partial charge in [-0.2, -0.15) is 0 Å². The number of rotatable bonds is 5. The number of hydrogen-bond acceptors (Lipinski definition) is 4. The van der Waals surface area contributed by atoms with Crippen molar-refractivity contribution in [1.29, 1.82) is 0 Å². The summed E-state index contributed by atoms with van der Waals surface area (Å²) in [5.41, 5.74) is 0.846. The Morgan fingerprint density at radius 1 is 1.22 bits per heavy atom. The van der Waals surface area contributed by atoms with Crippen molar-refractivity contribution in [2.24, 2.45) is 0 Å². The highest BCUT2D eigenvalue weighted by Gasteiger charge is 2.20. The fraction of sp³-hybridized carbons (Fsp3) is 0.300. The van der Waals surface area contributed by atoms with E-state index >= 15 is 0 Å². The Hall–Kier alpha value is -2.25. The summed E-state index contributed by atoms with van der Waals surface area (Å²) >= 11 is 1.27. The first-order chi connectivity index (χ1) is 13.1. The molecular weight excluding hydrogens is 370 g/mol. The Bertz CT molecular complexity index is 1030. The number of halogens is 2. The van der Waals surface area contributed by atoms with Gasteiger partial charge in [0.2, 0.25) is 0 Å². The summed E-state index contributed by atoms with van der Waals surface area (Å²) in [4.78, 5) is 17.6. The highest BCUT2D eigenvalue weighted by molar-refractivity contribution is 7.98. The van der Waals surface area contributed by atoms with Gasteiger partial charge >= 0.3 is 0 Å². The second kappa shape index (κ2) is 7.78. The molecule has 7 heteroatoms. The summed E-state index contributed by atoms with van der Waals surface area (Å²) < 4.78 is 34.4. The van der Waals surface area contributed by atoms with Gasteiger partial charge in [-0.1, -0.05) is 30.0 Å². The van der Waals surface area contributed by atoms with Gasteiger partial charge in [0, 0.05) is 18.4 Å². The average Bonchev–Trinajstić information content (AvgIpc) is 3.17. The molecule has 0 radical (unpaired) electrons. The number of nitrogens with zero attached hydrogens (tertiary/aromatic N) is 2. The number of aromatic nitrogens is 2. The lowest BCUT2D eigenvalue weighted by atomic mass is 10.2. The molecule has 0 aliphatic carbocycles. The highest BCUT2D eigenvalue weighted by atomic mass is 32.2. The summed E-state index contributed by atoms with van der Waals surface area (Å²) in [6.45, 7) is 1.12. The molecule has 1 atom stereocenters. The number of benzene rings is 2. The average molecular weight is 388 g/mol. The van der Waals surface area contributed by atoms with Crippen LogP contribution < -0.4 is 5.56 Å². The molecule has 0 N–H and O–H groups in total. The van der Waals surface area contributed by atoms with Crippen molar-refractivity contribution in [3.05, 3.63) is 70.0 Å². The predicted molar refractivity (Wildman–Crippen MR) is 101 cm³/mol. The number of fused-ring (bicyclic) bond motifs is 1. The molecule has 0 spiro atoms. The number of thioether (sulfide) groups is 1. The van der Waals surface area contributed by atoms with Gasteiger partial charge in [-0.25, -0.2) is 13.8 Å². The third-order valence-corrected chi connectivity index (χ3v) is 5.63. The standard InChI is InChI=1S/C20H18F2N2O2S/c21-14-8-7-13(17(22)10-14)12-27-20-23-18-6-2-1-5-16(18)19(25)24(20)11-15-4-3-9-26-15/h1-2,5-8,10,15H,3-4,9,11-12H2/t15-/m1/s1. The molecule has 1 aliphatic rings. The quantitative estimate of drug-likeness (QED) is 0.487. The lowest BCUT2D eigenvalue weighted by Gasteiger charge is -2.16. The molecule has 0 saturated carbocycles. The first kappa shape index (κ1) is 18.1. The molecule has 1 aromatic heterocycles. The van der Waals surface area contributed by atoms with Crippen LogP contribution in [0.2, 0.25) is 0 Å². The monoisotopic (exact) mass is 388 g/mol. The van der Waals surface area contributed by atoms with Gasteiger partial charge < -0.3 is 4.74 Å². The van der Waals surface area contributed by atoms with Crippen LogP contribution in [0.5, 0.6) is 0 Å². The molecule has 1 fully saturated rings. The van der Waals surface area contributed by atoms with Crippen LogP contribution in [-0.2, 0) is 17.0 Å². The Morgan fingerprint density at radius 2 is 2.07 bits per heavy atom. The van der Waals surface area contributed by atoms with E-state index in [0.717, 1.165) is 18.9 Å². The van der Waals surface area contributed by atoms with Crippen LogP contribution in [0, 0.1) is 11.6 Å². The summed E-state index contributed by atoms with van der Waals surface area (Å²) in [5, 5.41) is 1.06. The van der Waals surface area contributed by atoms with Crippen molar-refractivity contribution in [1.82, 2.24) is 9.55 Å². The molecule has 4 rings (SSSR count). The van der Waals surface area contributed by atoms with E-state index in [9.17, 15) is 13.6 Å². The van der Waals surface area contributed by atoms with Gasteiger partial charge in [0.1, 0.15) is 11.6 Å². The lowest BCUT2D eigenvalue weighted by Crippen LogP contribution is -2.28. The fourth-order valence-electron chi connectivity index (χ4n) is 3.19. The molecule has 0 bridgehead atoms. The molecule has 3 aromatic rings. The van der Waals surface area contributed by atoms with Gasteiger partial charge in [-0.3, -0.25) is 9.36 Å².